The first-order chi connectivity index (χ1) is 13.7. The number of benzene rings is 2. The molecule has 0 bridgehead atoms. The number of rotatable bonds is 9. The molecular weight excluding hydrogens is 348 g/mol. The van der Waals surface area contributed by atoms with E-state index in [1.807, 2.05) is 36.4 Å². The van der Waals surface area contributed by atoms with E-state index in [4.69, 9.17) is 0 Å². The van der Waals surface area contributed by atoms with Gasteiger partial charge in [0.2, 0.25) is 0 Å². The van der Waals surface area contributed by atoms with Crippen LogP contribution in [0.25, 0.3) is 0 Å². The number of aryl methyl sites for hydroxylation is 2. The molecule has 144 valence electrons. The van der Waals surface area contributed by atoms with Gasteiger partial charge in [-0.1, -0.05) is 60.7 Å². The second kappa shape index (κ2) is 10.2. The summed E-state index contributed by atoms with van der Waals surface area (Å²) >= 11 is 0. The predicted molar refractivity (Wildman–Crippen MR) is 113 cm³/mol. The molecule has 0 saturated heterocycles. The number of nitrogens with one attached hydrogen (secondary N) is 2. The number of amides is 1. The molecule has 28 heavy (non-hydrogen) atoms. The molecule has 1 amide bonds. The molecule has 0 atom stereocenters. The van der Waals surface area contributed by atoms with Crippen LogP contribution in [0.3, 0.4) is 0 Å². The highest BCUT2D eigenvalue weighted by atomic mass is 16.1. The third kappa shape index (κ3) is 6.20. The Morgan fingerprint density at radius 2 is 1.50 bits per heavy atom. The van der Waals surface area contributed by atoms with Gasteiger partial charge in [0.05, 0.1) is 0 Å². The summed E-state index contributed by atoms with van der Waals surface area (Å²) in [5, 5.41) is 6.24. The third-order valence-corrected chi connectivity index (χ3v) is 4.40. The fourth-order valence-corrected chi connectivity index (χ4v) is 2.98. The van der Waals surface area contributed by atoms with Crippen LogP contribution in [-0.4, -0.2) is 29.0 Å². The van der Waals surface area contributed by atoms with Gasteiger partial charge in [0.1, 0.15) is 17.3 Å². The van der Waals surface area contributed by atoms with Crippen molar-refractivity contribution in [3.05, 3.63) is 89.4 Å². The first-order valence-corrected chi connectivity index (χ1v) is 9.66. The minimum Gasteiger partial charge on any atom is -0.370 e. The van der Waals surface area contributed by atoms with Crippen molar-refractivity contribution in [2.24, 2.45) is 0 Å². The zero-order valence-corrected chi connectivity index (χ0v) is 16.2. The second-order valence-corrected chi connectivity index (χ2v) is 6.69. The van der Waals surface area contributed by atoms with E-state index >= 15 is 0 Å². The molecular formula is C23H26N4O. The summed E-state index contributed by atoms with van der Waals surface area (Å²) in [5.74, 6) is 1.10. The molecule has 1 aromatic heterocycles. The van der Waals surface area contributed by atoms with E-state index in [2.05, 4.69) is 44.9 Å². The van der Waals surface area contributed by atoms with Gasteiger partial charge in [-0.2, -0.15) is 0 Å². The Morgan fingerprint density at radius 3 is 2.18 bits per heavy atom. The Morgan fingerprint density at radius 1 is 0.857 bits per heavy atom. The van der Waals surface area contributed by atoms with Crippen LogP contribution in [0.2, 0.25) is 0 Å². The fraction of sp³-hybridized carbons (Fsp3) is 0.261. The highest BCUT2D eigenvalue weighted by Gasteiger charge is 2.10. The normalized spacial score (nSPS) is 10.5. The average molecular weight is 374 g/mol. The molecule has 0 aliphatic rings. The monoisotopic (exact) mass is 374 g/mol. The zero-order valence-electron chi connectivity index (χ0n) is 16.2. The number of anilines is 1. The van der Waals surface area contributed by atoms with Crippen molar-refractivity contribution < 1.29 is 4.79 Å². The van der Waals surface area contributed by atoms with Crippen LogP contribution in [-0.2, 0) is 12.8 Å². The molecule has 3 aromatic rings. The van der Waals surface area contributed by atoms with Crippen molar-refractivity contribution in [3.63, 3.8) is 0 Å². The summed E-state index contributed by atoms with van der Waals surface area (Å²) in [6, 6.07) is 22.3. The van der Waals surface area contributed by atoms with E-state index in [1.54, 1.807) is 13.0 Å². The predicted octanol–water partition coefficient (Wildman–Crippen LogP) is 3.80. The van der Waals surface area contributed by atoms with Crippen LogP contribution < -0.4 is 10.6 Å². The van der Waals surface area contributed by atoms with E-state index in [9.17, 15) is 4.79 Å². The van der Waals surface area contributed by atoms with E-state index in [0.29, 0.717) is 23.9 Å². The summed E-state index contributed by atoms with van der Waals surface area (Å²) in [5.41, 5.74) is 2.94. The number of carbonyl (C=O) groups excluding carboxylic acids is 1. The smallest absolute Gasteiger partial charge is 0.270 e. The average Bonchev–Trinajstić information content (AvgIpc) is 2.72. The molecule has 2 N–H and O–H groups in total. The number of hydrogen-bond donors (Lipinski definition) is 2. The van der Waals surface area contributed by atoms with Crippen LogP contribution in [0.1, 0.15) is 33.9 Å². The summed E-state index contributed by atoms with van der Waals surface area (Å²) in [4.78, 5) is 21.1. The lowest BCUT2D eigenvalue weighted by Crippen LogP contribution is -2.26. The Balaban J connectivity index is 1.48. The van der Waals surface area contributed by atoms with E-state index in [1.165, 1.54) is 11.1 Å². The Bertz CT molecular complexity index is 882. The molecule has 5 heteroatoms. The van der Waals surface area contributed by atoms with Crippen molar-refractivity contribution in [2.45, 2.75) is 26.2 Å². The molecule has 5 nitrogen and oxygen atoms in total. The maximum atomic E-state index is 12.4. The van der Waals surface area contributed by atoms with Gasteiger partial charge in [0, 0.05) is 19.2 Å². The first-order valence-electron chi connectivity index (χ1n) is 9.66. The highest BCUT2D eigenvalue weighted by Crippen LogP contribution is 2.08. The molecule has 0 fully saturated rings. The standard InChI is InChI=1S/C23H26N4O/c1-18-26-21(23(28)25-15-8-13-19-9-4-2-5-10-19)17-22(27-18)24-16-14-20-11-6-3-7-12-20/h2-7,9-12,17H,8,13-16H2,1H3,(H,25,28)(H,24,26,27). The van der Waals surface area contributed by atoms with Gasteiger partial charge in [-0.05, 0) is 37.3 Å². The summed E-state index contributed by atoms with van der Waals surface area (Å²) < 4.78 is 0. The summed E-state index contributed by atoms with van der Waals surface area (Å²) in [6.45, 7) is 3.17. The number of carbonyl (C=O) groups is 1. The van der Waals surface area contributed by atoms with Gasteiger partial charge in [-0.25, -0.2) is 9.97 Å². The van der Waals surface area contributed by atoms with Crippen LogP contribution in [0.4, 0.5) is 5.82 Å². The minimum atomic E-state index is -0.162. The maximum absolute atomic E-state index is 12.4. The van der Waals surface area contributed by atoms with Gasteiger partial charge in [0.15, 0.2) is 0 Å². The van der Waals surface area contributed by atoms with Gasteiger partial charge >= 0.3 is 0 Å². The van der Waals surface area contributed by atoms with Gasteiger partial charge in [0.25, 0.3) is 5.91 Å². The maximum Gasteiger partial charge on any atom is 0.270 e. The second-order valence-electron chi connectivity index (χ2n) is 6.69. The zero-order chi connectivity index (χ0) is 19.6. The molecule has 0 spiro atoms. The van der Waals surface area contributed by atoms with Crippen molar-refractivity contribution in [1.29, 1.82) is 0 Å². The Labute approximate surface area is 166 Å². The van der Waals surface area contributed by atoms with Crippen molar-refractivity contribution in [3.8, 4) is 0 Å². The Kier molecular flexibility index (Phi) is 7.13. The van der Waals surface area contributed by atoms with E-state index in [0.717, 1.165) is 25.8 Å². The number of nitrogens with zero attached hydrogens (tertiary/aromatic N) is 2. The summed E-state index contributed by atoms with van der Waals surface area (Å²) in [6.07, 6.45) is 2.73. The first kappa shape index (κ1) is 19.5. The third-order valence-electron chi connectivity index (χ3n) is 4.40. The molecule has 0 aliphatic heterocycles. The van der Waals surface area contributed by atoms with Crippen LogP contribution >= 0.6 is 0 Å². The van der Waals surface area contributed by atoms with Crippen molar-refractivity contribution in [2.75, 3.05) is 18.4 Å². The molecule has 0 saturated carbocycles. The molecule has 1 heterocycles. The number of aromatic nitrogens is 2. The molecule has 3 rings (SSSR count). The highest BCUT2D eigenvalue weighted by molar-refractivity contribution is 5.92. The molecule has 0 radical (unpaired) electrons. The van der Waals surface area contributed by atoms with Gasteiger partial charge in [-0.15, -0.1) is 0 Å². The minimum absolute atomic E-state index is 0.162. The molecule has 2 aromatic carbocycles. The lowest BCUT2D eigenvalue weighted by Gasteiger charge is -2.09. The molecule has 0 unspecified atom stereocenters. The number of hydrogen-bond acceptors (Lipinski definition) is 4. The van der Waals surface area contributed by atoms with Crippen LogP contribution in [0.5, 0.6) is 0 Å². The largest absolute Gasteiger partial charge is 0.370 e. The van der Waals surface area contributed by atoms with Gasteiger partial charge in [-0.3, -0.25) is 4.79 Å². The molecule has 0 aliphatic carbocycles. The van der Waals surface area contributed by atoms with E-state index in [-0.39, 0.29) is 5.91 Å². The Hall–Kier alpha value is -3.21. The van der Waals surface area contributed by atoms with Crippen molar-refractivity contribution in [1.82, 2.24) is 15.3 Å². The van der Waals surface area contributed by atoms with E-state index < -0.39 is 0 Å². The quantitative estimate of drug-likeness (QED) is 0.559. The summed E-state index contributed by atoms with van der Waals surface area (Å²) in [7, 11) is 0. The van der Waals surface area contributed by atoms with Gasteiger partial charge < -0.3 is 10.6 Å². The van der Waals surface area contributed by atoms with Crippen molar-refractivity contribution >= 4 is 11.7 Å². The van der Waals surface area contributed by atoms with Crippen LogP contribution in [0.15, 0.2) is 66.7 Å². The SMILES string of the molecule is Cc1nc(NCCc2ccccc2)cc(C(=O)NCCCc2ccccc2)n1. The topological polar surface area (TPSA) is 66.9 Å². The lowest BCUT2D eigenvalue weighted by atomic mass is 10.1. The van der Waals surface area contributed by atoms with Crippen LogP contribution in [0, 0.1) is 6.92 Å². The lowest BCUT2D eigenvalue weighted by molar-refractivity contribution is 0.0948. The fourth-order valence-electron chi connectivity index (χ4n) is 2.98.